The van der Waals surface area contributed by atoms with Crippen LogP contribution >= 0.6 is 27.3 Å². The summed E-state index contributed by atoms with van der Waals surface area (Å²) in [4.78, 5) is 10.6. The summed E-state index contributed by atoms with van der Waals surface area (Å²) in [6.45, 7) is 0.786. The van der Waals surface area contributed by atoms with Gasteiger partial charge in [0, 0.05) is 13.6 Å². The normalized spacial score (nSPS) is 10.3. The van der Waals surface area contributed by atoms with Gasteiger partial charge in [-0.1, -0.05) is 0 Å². The molecule has 0 atom stereocenters. The van der Waals surface area contributed by atoms with Crippen molar-refractivity contribution < 1.29 is 4.74 Å². The molecule has 2 rings (SSSR count). The smallest absolute Gasteiger partial charge is 0.232 e. The number of methoxy groups -OCH3 is 1. The molecule has 2 heterocycles. The lowest BCUT2D eigenvalue weighted by atomic mass is 10.3. The minimum atomic E-state index is 0.548. The van der Waals surface area contributed by atoms with Crippen LogP contribution in [0.5, 0.6) is 5.88 Å². The second-order valence-electron chi connectivity index (χ2n) is 3.51. The second kappa shape index (κ2) is 5.46. The first-order chi connectivity index (χ1) is 8.20. The third-order valence-corrected chi connectivity index (χ3v) is 3.51. The predicted molar refractivity (Wildman–Crippen MR) is 72.7 cm³/mol. The molecule has 0 unspecified atom stereocenters. The summed E-state index contributed by atoms with van der Waals surface area (Å²) >= 11 is 5.02. The molecule has 0 N–H and O–H groups in total. The van der Waals surface area contributed by atoms with Crippen LogP contribution in [0.3, 0.4) is 0 Å². The molecule has 4 nitrogen and oxygen atoms in total. The minimum Gasteiger partial charge on any atom is -0.480 e. The standard InChI is InChI=1S/C11H12BrN3OS/c1-15(6-8-3-4-17-7-8)11-13-5-9(12)10(14-11)16-2/h3-5,7H,6H2,1-2H3. The Balaban J connectivity index is 2.16. The summed E-state index contributed by atoms with van der Waals surface area (Å²) in [5.74, 6) is 1.20. The van der Waals surface area contributed by atoms with E-state index in [9.17, 15) is 0 Å². The van der Waals surface area contributed by atoms with Crippen molar-refractivity contribution >= 4 is 33.2 Å². The second-order valence-corrected chi connectivity index (χ2v) is 5.15. The molecule has 0 saturated carbocycles. The van der Waals surface area contributed by atoms with Gasteiger partial charge in [-0.05, 0) is 38.3 Å². The first kappa shape index (κ1) is 12.3. The van der Waals surface area contributed by atoms with E-state index in [0.717, 1.165) is 11.0 Å². The van der Waals surface area contributed by atoms with Crippen molar-refractivity contribution in [3.05, 3.63) is 33.1 Å². The number of aromatic nitrogens is 2. The van der Waals surface area contributed by atoms with Crippen LogP contribution in [0.15, 0.2) is 27.5 Å². The van der Waals surface area contributed by atoms with E-state index in [2.05, 4.69) is 42.7 Å². The SMILES string of the molecule is COc1nc(N(C)Cc2ccsc2)ncc1Br. The minimum absolute atomic E-state index is 0.548. The lowest BCUT2D eigenvalue weighted by Crippen LogP contribution is -2.18. The lowest BCUT2D eigenvalue weighted by Gasteiger charge is -2.16. The van der Waals surface area contributed by atoms with Crippen LogP contribution in [0.2, 0.25) is 0 Å². The first-order valence-corrected chi connectivity index (χ1v) is 6.73. The Kier molecular flexibility index (Phi) is 3.96. The highest BCUT2D eigenvalue weighted by Crippen LogP contribution is 2.23. The zero-order chi connectivity index (χ0) is 12.3. The van der Waals surface area contributed by atoms with Crippen LogP contribution in [-0.2, 0) is 6.54 Å². The molecule has 6 heteroatoms. The number of nitrogens with zero attached hydrogens (tertiary/aromatic N) is 3. The topological polar surface area (TPSA) is 38.2 Å². The first-order valence-electron chi connectivity index (χ1n) is 4.99. The highest BCUT2D eigenvalue weighted by molar-refractivity contribution is 9.10. The van der Waals surface area contributed by atoms with Gasteiger partial charge in [-0.2, -0.15) is 16.3 Å². The Morgan fingerprint density at radius 2 is 2.35 bits per heavy atom. The molecule has 0 aliphatic heterocycles. The van der Waals surface area contributed by atoms with Crippen molar-refractivity contribution in [1.82, 2.24) is 9.97 Å². The van der Waals surface area contributed by atoms with Crippen molar-refractivity contribution in [3.63, 3.8) is 0 Å². The van der Waals surface area contributed by atoms with Crippen molar-refractivity contribution in [2.45, 2.75) is 6.54 Å². The van der Waals surface area contributed by atoms with Crippen molar-refractivity contribution in [2.75, 3.05) is 19.1 Å². The molecule has 0 amide bonds. The van der Waals surface area contributed by atoms with Crippen LogP contribution in [-0.4, -0.2) is 24.1 Å². The van der Waals surface area contributed by atoms with Crippen LogP contribution in [0, 0.1) is 0 Å². The van der Waals surface area contributed by atoms with Gasteiger partial charge in [0.25, 0.3) is 0 Å². The Labute approximate surface area is 112 Å². The third kappa shape index (κ3) is 2.95. The van der Waals surface area contributed by atoms with E-state index in [-0.39, 0.29) is 0 Å². The van der Waals surface area contributed by atoms with Crippen LogP contribution in [0.1, 0.15) is 5.56 Å². The quantitative estimate of drug-likeness (QED) is 0.870. The van der Waals surface area contributed by atoms with E-state index in [1.54, 1.807) is 24.6 Å². The van der Waals surface area contributed by atoms with E-state index >= 15 is 0 Å². The number of thiophene rings is 1. The van der Waals surface area contributed by atoms with Crippen molar-refractivity contribution in [2.24, 2.45) is 0 Å². The van der Waals surface area contributed by atoms with E-state index in [1.807, 2.05) is 11.9 Å². The Morgan fingerprint density at radius 1 is 1.53 bits per heavy atom. The molecule has 0 bridgehead atoms. The summed E-state index contributed by atoms with van der Waals surface area (Å²) in [6, 6.07) is 2.09. The van der Waals surface area contributed by atoms with E-state index < -0.39 is 0 Å². The van der Waals surface area contributed by atoms with Crippen molar-refractivity contribution in [3.8, 4) is 5.88 Å². The van der Waals surface area contributed by atoms with Crippen LogP contribution < -0.4 is 9.64 Å². The van der Waals surface area contributed by atoms with Gasteiger partial charge in [0.05, 0.1) is 17.8 Å². The summed E-state index contributed by atoms with van der Waals surface area (Å²) < 4.78 is 5.91. The summed E-state index contributed by atoms with van der Waals surface area (Å²) in [5, 5.41) is 4.18. The maximum Gasteiger partial charge on any atom is 0.232 e. The maximum atomic E-state index is 5.15. The molecule has 0 spiro atoms. The molecule has 2 aromatic rings. The molecular formula is C11H12BrN3OS. The molecular weight excluding hydrogens is 302 g/mol. The van der Waals surface area contributed by atoms with Gasteiger partial charge >= 0.3 is 0 Å². The van der Waals surface area contributed by atoms with Gasteiger partial charge in [0.15, 0.2) is 0 Å². The average Bonchev–Trinajstić information content (AvgIpc) is 2.82. The molecule has 90 valence electrons. The van der Waals surface area contributed by atoms with Gasteiger partial charge in [0.2, 0.25) is 11.8 Å². The predicted octanol–water partition coefficient (Wildman–Crippen LogP) is 2.95. The molecule has 0 aliphatic carbocycles. The molecule has 0 saturated heterocycles. The molecule has 0 aliphatic rings. The van der Waals surface area contributed by atoms with E-state index in [4.69, 9.17) is 4.74 Å². The number of hydrogen-bond acceptors (Lipinski definition) is 5. The van der Waals surface area contributed by atoms with Gasteiger partial charge < -0.3 is 9.64 Å². The fourth-order valence-corrected chi connectivity index (χ4v) is 2.41. The third-order valence-electron chi connectivity index (χ3n) is 2.23. The zero-order valence-corrected chi connectivity index (χ0v) is 12.0. The van der Waals surface area contributed by atoms with Gasteiger partial charge in [-0.25, -0.2) is 4.98 Å². The monoisotopic (exact) mass is 313 g/mol. The number of halogens is 1. The fraction of sp³-hybridized carbons (Fsp3) is 0.273. The maximum absolute atomic E-state index is 5.15. The summed E-state index contributed by atoms with van der Waals surface area (Å²) in [6.07, 6.45) is 1.70. The largest absolute Gasteiger partial charge is 0.480 e. The fourth-order valence-electron chi connectivity index (χ4n) is 1.40. The molecule has 0 aromatic carbocycles. The van der Waals surface area contributed by atoms with Crippen LogP contribution in [0.25, 0.3) is 0 Å². The molecule has 0 fully saturated rings. The highest BCUT2D eigenvalue weighted by atomic mass is 79.9. The number of rotatable bonds is 4. The van der Waals surface area contributed by atoms with Crippen molar-refractivity contribution in [1.29, 1.82) is 0 Å². The number of hydrogen-bond donors (Lipinski definition) is 0. The lowest BCUT2D eigenvalue weighted by molar-refractivity contribution is 0.394. The van der Waals surface area contributed by atoms with E-state index in [1.165, 1.54) is 5.56 Å². The summed E-state index contributed by atoms with van der Waals surface area (Å²) in [5.41, 5.74) is 1.25. The Bertz CT molecular complexity index is 489. The number of anilines is 1. The Hall–Kier alpha value is -1.14. The van der Waals surface area contributed by atoms with Crippen LogP contribution in [0.4, 0.5) is 5.95 Å². The number of ether oxygens (including phenoxy) is 1. The highest BCUT2D eigenvalue weighted by Gasteiger charge is 2.09. The average molecular weight is 314 g/mol. The van der Waals surface area contributed by atoms with Gasteiger partial charge in [-0.3, -0.25) is 0 Å². The van der Waals surface area contributed by atoms with Gasteiger partial charge in [-0.15, -0.1) is 0 Å². The Morgan fingerprint density at radius 3 is 3.00 bits per heavy atom. The molecule has 2 aromatic heterocycles. The molecule has 0 radical (unpaired) electrons. The summed E-state index contributed by atoms with van der Waals surface area (Å²) in [7, 11) is 3.55. The van der Waals surface area contributed by atoms with E-state index in [0.29, 0.717) is 11.8 Å². The zero-order valence-electron chi connectivity index (χ0n) is 9.55. The van der Waals surface area contributed by atoms with Gasteiger partial charge in [0.1, 0.15) is 0 Å². The molecule has 17 heavy (non-hydrogen) atoms.